The van der Waals surface area contributed by atoms with Crippen molar-refractivity contribution < 1.29 is 19.1 Å². The first kappa shape index (κ1) is 15.7. The van der Waals surface area contributed by atoms with Crippen molar-refractivity contribution in [3.63, 3.8) is 0 Å². The second-order valence-electron chi connectivity index (χ2n) is 4.57. The van der Waals surface area contributed by atoms with Crippen LogP contribution in [0.2, 0.25) is 0 Å². The number of hydrogen-bond acceptors (Lipinski definition) is 4. The topological polar surface area (TPSA) is 52.6 Å². The van der Waals surface area contributed by atoms with Gasteiger partial charge in [-0.25, -0.2) is 9.59 Å². The molecule has 0 bridgehead atoms. The van der Waals surface area contributed by atoms with Gasteiger partial charge in [0.1, 0.15) is 12.4 Å². The Labute approximate surface area is 118 Å². The van der Waals surface area contributed by atoms with E-state index in [-0.39, 0.29) is 6.61 Å². The molecular formula is C16H18O4. The molecule has 20 heavy (non-hydrogen) atoms. The van der Waals surface area contributed by atoms with E-state index in [0.29, 0.717) is 16.9 Å². The lowest BCUT2D eigenvalue weighted by Gasteiger charge is -2.12. The Morgan fingerprint density at radius 1 is 1.10 bits per heavy atom. The van der Waals surface area contributed by atoms with Crippen molar-refractivity contribution in [3.05, 3.63) is 53.6 Å². The quantitative estimate of drug-likeness (QED) is 0.470. The minimum Gasteiger partial charge on any atom is -0.457 e. The highest BCUT2D eigenvalue weighted by Gasteiger charge is 2.12. The SMILES string of the molecule is C=C(C)C(=O)OCc1cccc(OC(=O)C(=C)C)c1C. The van der Waals surface area contributed by atoms with E-state index in [1.807, 2.05) is 0 Å². The minimum absolute atomic E-state index is 0.107. The van der Waals surface area contributed by atoms with Crippen LogP contribution < -0.4 is 4.74 Å². The fourth-order valence-electron chi connectivity index (χ4n) is 1.38. The van der Waals surface area contributed by atoms with Gasteiger partial charge < -0.3 is 9.47 Å². The molecule has 0 aliphatic rings. The third-order valence-corrected chi connectivity index (χ3v) is 2.65. The van der Waals surface area contributed by atoms with Crippen LogP contribution >= 0.6 is 0 Å². The molecule has 0 aromatic heterocycles. The molecule has 1 rings (SSSR count). The van der Waals surface area contributed by atoms with Gasteiger partial charge in [0, 0.05) is 11.1 Å². The highest BCUT2D eigenvalue weighted by Crippen LogP contribution is 2.23. The predicted octanol–water partition coefficient (Wildman–Crippen LogP) is 3.10. The summed E-state index contributed by atoms with van der Waals surface area (Å²) in [5.74, 6) is -0.500. The Bertz CT molecular complexity index is 570. The van der Waals surface area contributed by atoms with Crippen molar-refractivity contribution in [2.24, 2.45) is 0 Å². The van der Waals surface area contributed by atoms with Crippen molar-refractivity contribution in [2.45, 2.75) is 27.4 Å². The Balaban J connectivity index is 2.84. The van der Waals surface area contributed by atoms with E-state index in [2.05, 4.69) is 13.2 Å². The molecule has 0 unspecified atom stereocenters. The number of carbonyl (C=O) groups is 2. The van der Waals surface area contributed by atoms with Crippen molar-refractivity contribution >= 4 is 11.9 Å². The molecule has 0 fully saturated rings. The molecule has 0 amide bonds. The van der Waals surface area contributed by atoms with E-state index < -0.39 is 11.9 Å². The second kappa shape index (κ2) is 6.70. The first-order valence-electron chi connectivity index (χ1n) is 6.11. The van der Waals surface area contributed by atoms with Gasteiger partial charge in [-0.2, -0.15) is 0 Å². The molecule has 0 saturated heterocycles. The lowest BCUT2D eigenvalue weighted by Crippen LogP contribution is -2.10. The van der Waals surface area contributed by atoms with Crippen molar-refractivity contribution in [1.82, 2.24) is 0 Å². The van der Waals surface area contributed by atoms with E-state index in [1.165, 1.54) is 0 Å². The standard InChI is InChI=1S/C16H18O4/c1-10(2)15(17)19-9-13-7-6-8-14(12(13)5)20-16(18)11(3)4/h6-8H,1,3,9H2,2,4-5H3. The van der Waals surface area contributed by atoms with E-state index in [9.17, 15) is 9.59 Å². The zero-order chi connectivity index (χ0) is 15.3. The Morgan fingerprint density at radius 2 is 1.70 bits per heavy atom. The van der Waals surface area contributed by atoms with E-state index in [0.717, 1.165) is 11.1 Å². The summed E-state index contributed by atoms with van der Waals surface area (Å²) in [7, 11) is 0. The van der Waals surface area contributed by atoms with Gasteiger partial charge in [0.25, 0.3) is 0 Å². The molecule has 1 aromatic rings. The van der Waals surface area contributed by atoms with Crippen LogP contribution in [0.5, 0.6) is 5.75 Å². The number of hydrogen-bond donors (Lipinski definition) is 0. The molecule has 0 radical (unpaired) electrons. The van der Waals surface area contributed by atoms with Gasteiger partial charge in [0.15, 0.2) is 0 Å². The van der Waals surface area contributed by atoms with Crippen molar-refractivity contribution in [3.8, 4) is 5.75 Å². The normalized spacial score (nSPS) is 9.75. The average molecular weight is 274 g/mol. The smallest absolute Gasteiger partial charge is 0.338 e. The van der Waals surface area contributed by atoms with Crippen molar-refractivity contribution in [2.75, 3.05) is 0 Å². The van der Waals surface area contributed by atoms with Crippen LogP contribution in [0, 0.1) is 6.92 Å². The van der Waals surface area contributed by atoms with Gasteiger partial charge in [0.2, 0.25) is 0 Å². The molecule has 0 heterocycles. The predicted molar refractivity (Wildman–Crippen MR) is 76.2 cm³/mol. The summed E-state index contributed by atoms with van der Waals surface area (Å²) < 4.78 is 10.3. The average Bonchev–Trinajstić information content (AvgIpc) is 2.38. The molecule has 0 aliphatic carbocycles. The zero-order valence-corrected chi connectivity index (χ0v) is 12.0. The second-order valence-corrected chi connectivity index (χ2v) is 4.57. The summed E-state index contributed by atoms with van der Waals surface area (Å²) in [6.45, 7) is 12.1. The number of rotatable bonds is 5. The third-order valence-electron chi connectivity index (χ3n) is 2.65. The van der Waals surface area contributed by atoms with Crippen LogP contribution in [-0.2, 0) is 20.9 Å². The molecule has 4 heteroatoms. The van der Waals surface area contributed by atoms with Gasteiger partial charge in [-0.3, -0.25) is 0 Å². The number of esters is 2. The zero-order valence-electron chi connectivity index (χ0n) is 12.0. The first-order valence-corrected chi connectivity index (χ1v) is 6.11. The molecule has 1 aromatic carbocycles. The highest BCUT2D eigenvalue weighted by atomic mass is 16.5. The molecule has 0 spiro atoms. The van der Waals surface area contributed by atoms with E-state index in [4.69, 9.17) is 9.47 Å². The van der Waals surface area contributed by atoms with Crippen LogP contribution in [0.25, 0.3) is 0 Å². The molecule has 106 valence electrons. The highest BCUT2D eigenvalue weighted by molar-refractivity contribution is 5.89. The molecule has 4 nitrogen and oxygen atoms in total. The molecule has 0 saturated carbocycles. The summed E-state index contributed by atoms with van der Waals surface area (Å²) in [5.41, 5.74) is 2.18. The van der Waals surface area contributed by atoms with Crippen LogP contribution in [0.15, 0.2) is 42.5 Å². The maximum Gasteiger partial charge on any atom is 0.338 e. The Kier molecular flexibility index (Phi) is 5.26. The summed E-state index contributed by atoms with van der Waals surface area (Å²) in [4.78, 5) is 22.9. The van der Waals surface area contributed by atoms with Gasteiger partial charge in [-0.1, -0.05) is 25.3 Å². The number of carbonyl (C=O) groups excluding carboxylic acids is 2. The maximum absolute atomic E-state index is 11.5. The fraction of sp³-hybridized carbons (Fsp3) is 0.250. The Morgan fingerprint density at radius 3 is 2.25 bits per heavy atom. The molecule has 0 aliphatic heterocycles. The van der Waals surface area contributed by atoms with Gasteiger partial charge >= 0.3 is 11.9 Å². The fourth-order valence-corrected chi connectivity index (χ4v) is 1.38. The molecular weight excluding hydrogens is 256 g/mol. The van der Waals surface area contributed by atoms with Crippen LogP contribution in [0.3, 0.4) is 0 Å². The maximum atomic E-state index is 11.5. The molecule has 0 N–H and O–H groups in total. The summed E-state index contributed by atoms with van der Waals surface area (Å²) in [6, 6.07) is 5.22. The minimum atomic E-state index is -0.482. The van der Waals surface area contributed by atoms with Crippen molar-refractivity contribution in [1.29, 1.82) is 0 Å². The van der Waals surface area contributed by atoms with Gasteiger partial charge in [0.05, 0.1) is 0 Å². The largest absolute Gasteiger partial charge is 0.457 e. The third kappa shape index (κ3) is 4.09. The van der Waals surface area contributed by atoms with E-state index >= 15 is 0 Å². The number of ether oxygens (including phenoxy) is 2. The van der Waals surface area contributed by atoms with Crippen LogP contribution in [0.4, 0.5) is 0 Å². The van der Waals surface area contributed by atoms with E-state index in [1.54, 1.807) is 39.0 Å². The lowest BCUT2D eigenvalue weighted by atomic mass is 10.1. The summed E-state index contributed by atoms with van der Waals surface area (Å²) in [5, 5.41) is 0. The first-order chi connectivity index (χ1) is 9.32. The monoisotopic (exact) mass is 274 g/mol. The summed E-state index contributed by atoms with van der Waals surface area (Å²) in [6.07, 6.45) is 0. The Hall–Kier alpha value is -2.36. The summed E-state index contributed by atoms with van der Waals surface area (Å²) >= 11 is 0. The van der Waals surface area contributed by atoms with Crippen LogP contribution in [0.1, 0.15) is 25.0 Å². The number of benzene rings is 1. The lowest BCUT2D eigenvalue weighted by molar-refractivity contribution is -0.140. The van der Waals surface area contributed by atoms with Gasteiger partial charge in [-0.15, -0.1) is 0 Å². The van der Waals surface area contributed by atoms with Gasteiger partial charge in [-0.05, 0) is 38.0 Å². The van der Waals surface area contributed by atoms with Crippen LogP contribution in [-0.4, -0.2) is 11.9 Å². The molecule has 0 atom stereocenters.